The topological polar surface area (TPSA) is 58.6 Å². The summed E-state index contributed by atoms with van der Waals surface area (Å²) in [7, 11) is 0. The van der Waals surface area contributed by atoms with E-state index >= 15 is 0 Å². The van der Waals surface area contributed by atoms with Crippen molar-refractivity contribution in [2.24, 2.45) is 5.92 Å². The zero-order chi connectivity index (χ0) is 14.7. The zero-order valence-corrected chi connectivity index (χ0v) is 11.2. The van der Waals surface area contributed by atoms with Crippen LogP contribution in [-0.2, 0) is 9.53 Å². The number of carbonyl (C=O) groups excluding carboxylic acids is 1. The first-order valence-corrected chi connectivity index (χ1v) is 6.59. The fourth-order valence-corrected chi connectivity index (χ4v) is 2.35. The number of benzene rings is 1. The minimum atomic E-state index is -0.989. The molecule has 0 atom stereocenters. The molecule has 0 spiro atoms. The van der Waals surface area contributed by atoms with Gasteiger partial charge in [-0.15, -0.1) is 0 Å². The van der Waals surface area contributed by atoms with Crippen LogP contribution in [-0.4, -0.2) is 23.7 Å². The molecule has 1 fully saturated rings. The number of rotatable bonds is 5. The summed E-state index contributed by atoms with van der Waals surface area (Å²) in [6.45, 7) is 2.57. The Morgan fingerprint density at radius 1 is 1.45 bits per heavy atom. The SMILES string of the molecule is CCOC1CC(CC(=O)Nc2c(O)cc(F)cc2F)C1. The fourth-order valence-electron chi connectivity index (χ4n) is 2.35. The van der Waals surface area contributed by atoms with Crippen molar-refractivity contribution in [3.63, 3.8) is 0 Å². The minimum Gasteiger partial charge on any atom is -0.506 e. The number of halogens is 2. The summed E-state index contributed by atoms with van der Waals surface area (Å²) in [6.07, 6.45) is 2.05. The second-order valence-electron chi connectivity index (χ2n) is 4.95. The average Bonchev–Trinajstić information content (AvgIpc) is 2.31. The summed E-state index contributed by atoms with van der Waals surface area (Å²) < 4.78 is 31.6. The van der Waals surface area contributed by atoms with Crippen molar-refractivity contribution in [1.29, 1.82) is 0 Å². The van der Waals surface area contributed by atoms with Gasteiger partial charge in [0.25, 0.3) is 0 Å². The van der Waals surface area contributed by atoms with Gasteiger partial charge in [-0.3, -0.25) is 4.79 Å². The maximum atomic E-state index is 13.4. The highest BCUT2D eigenvalue weighted by atomic mass is 19.1. The van der Waals surface area contributed by atoms with Crippen molar-refractivity contribution in [2.75, 3.05) is 11.9 Å². The van der Waals surface area contributed by atoms with Crippen LogP contribution in [0.15, 0.2) is 12.1 Å². The Bertz CT molecular complexity index is 478. The van der Waals surface area contributed by atoms with Gasteiger partial charge in [0.05, 0.1) is 6.10 Å². The van der Waals surface area contributed by atoms with Gasteiger partial charge in [-0.25, -0.2) is 8.78 Å². The predicted octanol–water partition coefficient (Wildman–Crippen LogP) is 2.81. The largest absolute Gasteiger partial charge is 0.506 e. The van der Waals surface area contributed by atoms with E-state index in [0.717, 1.165) is 18.9 Å². The molecule has 2 N–H and O–H groups in total. The molecule has 1 aromatic carbocycles. The van der Waals surface area contributed by atoms with Crippen LogP contribution in [0.1, 0.15) is 26.2 Å². The number of aromatic hydroxyl groups is 1. The van der Waals surface area contributed by atoms with Crippen LogP contribution in [0.2, 0.25) is 0 Å². The number of hydrogen-bond donors (Lipinski definition) is 2. The maximum absolute atomic E-state index is 13.4. The van der Waals surface area contributed by atoms with Crippen LogP contribution in [0.25, 0.3) is 0 Å². The van der Waals surface area contributed by atoms with Gasteiger partial charge in [0.1, 0.15) is 17.3 Å². The third-order valence-electron chi connectivity index (χ3n) is 3.37. The molecule has 1 saturated carbocycles. The van der Waals surface area contributed by atoms with Gasteiger partial charge in [-0.2, -0.15) is 0 Å². The second-order valence-corrected chi connectivity index (χ2v) is 4.95. The van der Waals surface area contributed by atoms with Crippen molar-refractivity contribution >= 4 is 11.6 Å². The van der Waals surface area contributed by atoms with Crippen LogP contribution < -0.4 is 5.32 Å². The molecular formula is C14H17F2NO3. The van der Waals surface area contributed by atoms with Gasteiger partial charge in [0, 0.05) is 25.2 Å². The molecule has 0 aromatic heterocycles. The van der Waals surface area contributed by atoms with Gasteiger partial charge >= 0.3 is 0 Å². The van der Waals surface area contributed by atoms with Gasteiger partial charge < -0.3 is 15.2 Å². The molecule has 4 nitrogen and oxygen atoms in total. The standard InChI is InChI=1S/C14H17F2NO3/c1-2-20-10-3-8(4-10)5-13(19)17-14-11(16)6-9(15)7-12(14)18/h6-8,10,18H,2-5H2,1H3,(H,17,19). The summed E-state index contributed by atoms with van der Waals surface area (Å²) in [5.41, 5.74) is -0.378. The lowest BCUT2D eigenvalue weighted by Crippen LogP contribution is -2.34. The molecule has 0 heterocycles. The first kappa shape index (κ1) is 14.7. The van der Waals surface area contributed by atoms with E-state index in [0.29, 0.717) is 12.7 Å². The molecule has 6 heteroatoms. The molecule has 2 rings (SSSR count). The van der Waals surface area contributed by atoms with E-state index in [1.54, 1.807) is 0 Å². The minimum absolute atomic E-state index is 0.203. The lowest BCUT2D eigenvalue weighted by Gasteiger charge is -2.34. The summed E-state index contributed by atoms with van der Waals surface area (Å²) in [4.78, 5) is 11.7. The molecule has 110 valence electrons. The smallest absolute Gasteiger partial charge is 0.224 e. The predicted molar refractivity (Wildman–Crippen MR) is 69.4 cm³/mol. The summed E-state index contributed by atoms with van der Waals surface area (Å²) >= 11 is 0. The van der Waals surface area contributed by atoms with Crippen molar-refractivity contribution in [3.05, 3.63) is 23.8 Å². The number of ether oxygens (including phenoxy) is 1. The molecule has 0 saturated heterocycles. The Balaban J connectivity index is 1.87. The lowest BCUT2D eigenvalue weighted by atomic mass is 9.80. The number of carbonyl (C=O) groups is 1. The third-order valence-corrected chi connectivity index (χ3v) is 3.37. The maximum Gasteiger partial charge on any atom is 0.224 e. The highest BCUT2D eigenvalue weighted by Crippen LogP contribution is 2.34. The number of phenolic OH excluding ortho intramolecular Hbond substituents is 1. The van der Waals surface area contributed by atoms with E-state index in [9.17, 15) is 18.7 Å². The highest BCUT2D eigenvalue weighted by Gasteiger charge is 2.31. The molecule has 0 bridgehead atoms. The third kappa shape index (κ3) is 3.45. The lowest BCUT2D eigenvalue weighted by molar-refractivity contribution is -0.119. The van der Waals surface area contributed by atoms with E-state index in [1.165, 1.54) is 0 Å². The number of phenols is 1. The molecule has 0 radical (unpaired) electrons. The average molecular weight is 285 g/mol. The monoisotopic (exact) mass is 285 g/mol. The normalized spacial score (nSPS) is 21.4. The molecule has 1 aliphatic carbocycles. The molecule has 0 unspecified atom stereocenters. The first-order chi connectivity index (χ1) is 9.49. The number of anilines is 1. The molecular weight excluding hydrogens is 268 g/mol. The Hall–Kier alpha value is -1.69. The van der Waals surface area contributed by atoms with Crippen LogP contribution in [0, 0.1) is 17.6 Å². The van der Waals surface area contributed by atoms with Gasteiger partial charge in [-0.05, 0) is 25.7 Å². The van der Waals surface area contributed by atoms with Crippen molar-refractivity contribution in [1.82, 2.24) is 0 Å². The van der Waals surface area contributed by atoms with Crippen molar-refractivity contribution < 1.29 is 23.4 Å². The van der Waals surface area contributed by atoms with E-state index in [1.807, 2.05) is 6.92 Å². The first-order valence-electron chi connectivity index (χ1n) is 6.59. The molecule has 1 aromatic rings. The zero-order valence-electron chi connectivity index (χ0n) is 11.2. The van der Waals surface area contributed by atoms with E-state index in [2.05, 4.69) is 5.32 Å². The van der Waals surface area contributed by atoms with E-state index in [-0.39, 0.29) is 24.1 Å². The van der Waals surface area contributed by atoms with Crippen LogP contribution >= 0.6 is 0 Å². The molecule has 1 amide bonds. The quantitative estimate of drug-likeness (QED) is 0.818. The number of amides is 1. The van der Waals surface area contributed by atoms with Crippen molar-refractivity contribution in [3.8, 4) is 5.75 Å². The Morgan fingerprint density at radius 2 is 2.15 bits per heavy atom. The Morgan fingerprint density at radius 3 is 2.75 bits per heavy atom. The highest BCUT2D eigenvalue weighted by molar-refractivity contribution is 5.92. The fraction of sp³-hybridized carbons (Fsp3) is 0.500. The summed E-state index contributed by atoms with van der Waals surface area (Å²) in [5.74, 6) is -2.69. The van der Waals surface area contributed by atoms with Crippen LogP contribution in [0.4, 0.5) is 14.5 Å². The van der Waals surface area contributed by atoms with E-state index in [4.69, 9.17) is 4.74 Å². The molecule has 1 aliphatic rings. The van der Waals surface area contributed by atoms with E-state index < -0.39 is 23.3 Å². The number of hydrogen-bond acceptors (Lipinski definition) is 3. The summed E-state index contributed by atoms with van der Waals surface area (Å²) in [6, 6.07) is 1.37. The van der Waals surface area contributed by atoms with Gasteiger partial charge in [0.15, 0.2) is 5.82 Å². The Kier molecular flexibility index (Phi) is 4.54. The Labute approximate surface area is 115 Å². The number of nitrogens with one attached hydrogen (secondary N) is 1. The summed E-state index contributed by atoms with van der Waals surface area (Å²) in [5, 5.41) is 11.7. The van der Waals surface area contributed by atoms with Crippen LogP contribution in [0.3, 0.4) is 0 Å². The van der Waals surface area contributed by atoms with Gasteiger partial charge in [0.2, 0.25) is 5.91 Å². The second kappa shape index (κ2) is 6.17. The van der Waals surface area contributed by atoms with Crippen LogP contribution in [0.5, 0.6) is 5.75 Å². The molecule has 20 heavy (non-hydrogen) atoms. The van der Waals surface area contributed by atoms with Gasteiger partial charge in [-0.1, -0.05) is 0 Å². The molecule has 0 aliphatic heterocycles. The van der Waals surface area contributed by atoms with Crippen molar-refractivity contribution in [2.45, 2.75) is 32.3 Å².